The average molecular weight is 564 g/mol. The number of hydrogen-bond acceptors (Lipinski definition) is 6. The number of rotatable bonds is 9. The van der Waals surface area contributed by atoms with Crippen molar-refractivity contribution in [1.82, 2.24) is 15.0 Å². The quantitative estimate of drug-likeness (QED) is 0.289. The molecule has 0 aliphatic carbocycles. The predicted octanol–water partition coefficient (Wildman–Crippen LogP) is 4.57. The summed E-state index contributed by atoms with van der Waals surface area (Å²) >= 11 is 0. The third-order valence-corrected chi connectivity index (χ3v) is 8.09. The molecule has 0 radical (unpaired) electrons. The average Bonchev–Trinajstić information content (AvgIpc) is 3.55. The largest absolute Gasteiger partial charge is 0.396 e. The maximum Gasteiger partial charge on any atom is 0.268 e. The second kappa shape index (κ2) is 11.3. The Morgan fingerprint density at radius 3 is 2.55 bits per heavy atom. The summed E-state index contributed by atoms with van der Waals surface area (Å²) in [6.45, 7) is 2.42. The first-order valence-electron chi connectivity index (χ1n) is 14.3. The van der Waals surface area contributed by atoms with Gasteiger partial charge in [-0.05, 0) is 54.8 Å². The Morgan fingerprint density at radius 1 is 0.952 bits per heavy atom. The normalized spacial score (nSPS) is 18.9. The lowest BCUT2D eigenvalue weighted by molar-refractivity contribution is -0.138. The molecule has 0 bridgehead atoms. The second-order valence-corrected chi connectivity index (χ2v) is 10.8. The molecule has 1 aromatic heterocycles. The smallest absolute Gasteiger partial charge is 0.268 e. The van der Waals surface area contributed by atoms with Crippen LogP contribution in [0.2, 0.25) is 0 Å². The van der Waals surface area contributed by atoms with Crippen LogP contribution in [0.15, 0.2) is 91.1 Å². The molecule has 3 heterocycles. The van der Waals surface area contributed by atoms with Crippen LogP contribution in [0.3, 0.4) is 0 Å². The van der Waals surface area contributed by atoms with Crippen LogP contribution in [-0.4, -0.2) is 43.6 Å². The monoisotopic (exact) mass is 563 g/mol. The van der Waals surface area contributed by atoms with E-state index in [1.165, 1.54) is 0 Å². The number of nitrogens with zero attached hydrogens (tertiary/aromatic N) is 5. The number of aromatic nitrogens is 3. The number of carbonyl (C=O) groups is 2. The molecule has 0 saturated carbocycles. The van der Waals surface area contributed by atoms with Crippen LogP contribution in [0.4, 0.5) is 22.7 Å². The summed E-state index contributed by atoms with van der Waals surface area (Å²) in [4.78, 5) is 30.6. The van der Waals surface area contributed by atoms with Gasteiger partial charge in [-0.1, -0.05) is 60.7 Å². The Bertz CT molecular complexity index is 1650. The zero-order chi connectivity index (χ0) is 29.3. The molecule has 9 nitrogen and oxygen atoms in total. The summed E-state index contributed by atoms with van der Waals surface area (Å²) in [6, 6.07) is 22.6. The highest BCUT2D eigenvalue weighted by molar-refractivity contribution is 6.13. The zero-order valence-electron chi connectivity index (χ0n) is 23.4. The van der Waals surface area contributed by atoms with Crippen molar-refractivity contribution in [1.29, 1.82) is 0 Å². The van der Waals surface area contributed by atoms with Crippen LogP contribution >= 0.6 is 0 Å². The van der Waals surface area contributed by atoms with E-state index in [9.17, 15) is 14.7 Å². The van der Waals surface area contributed by atoms with Gasteiger partial charge >= 0.3 is 0 Å². The van der Waals surface area contributed by atoms with Crippen LogP contribution < -0.4 is 9.80 Å². The van der Waals surface area contributed by atoms with Gasteiger partial charge in [0.15, 0.2) is 5.60 Å². The lowest BCUT2D eigenvalue weighted by Crippen LogP contribution is -2.42. The maximum absolute atomic E-state index is 14.1. The molecular weight excluding hydrogens is 530 g/mol. The summed E-state index contributed by atoms with van der Waals surface area (Å²) in [5, 5.41) is 29.5. The van der Waals surface area contributed by atoms with Crippen molar-refractivity contribution in [2.45, 2.75) is 44.8 Å². The molecule has 2 aliphatic rings. The van der Waals surface area contributed by atoms with Gasteiger partial charge in [0.25, 0.3) is 5.91 Å². The standard InChI is InChI=1S/C33H33N5O4/c1-23(9-7-8-19-36-22-25(18-20-39)34-35-36)33(42)28-21-27(37-29-13-6-5-10-24(29)14-17-31(37)40)15-16-30(28)38(32(33)41)26-11-3-2-4-12-26/h2-7,9-13,15-16,21-23,39,42H,8,14,17-20H2,1H3/b9-7+/t23-,33+/m0/s1. The third kappa shape index (κ3) is 4.80. The molecule has 2 amide bonds. The number of anilines is 4. The predicted molar refractivity (Wildman–Crippen MR) is 160 cm³/mol. The van der Waals surface area contributed by atoms with E-state index in [1.54, 1.807) is 26.7 Å². The fraction of sp³-hybridized carbons (Fsp3) is 0.273. The number of benzene rings is 3. The van der Waals surface area contributed by atoms with E-state index in [2.05, 4.69) is 10.3 Å². The second-order valence-electron chi connectivity index (χ2n) is 10.8. The van der Waals surface area contributed by atoms with Crippen LogP contribution in [-0.2, 0) is 34.6 Å². The highest BCUT2D eigenvalue weighted by Crippen LogP contribution is 2.50. The lowest BCUT2D eigenvalue weighted by atomic mass is 9.82. The van der Waals surface area contributed by atoms with Gasteiger partial charge < -0.3 is 10.2 Å². The van der Waals surface area contributed by atoms with E-state index in [4.69, 9.17) is 5.11 Å². The van der Waals surface area contributed by atoms with E-state index >= 15 is 0 Å². The first kappa shape index (κ1) is 27.6. The minimum Gasteiger partial charge on any atom is -0.396 e. The third-order valence-electron chi connectivity index (χ3n) is 8.09. The molecule has 214 valence electrons. The minimum atomic E-state index is -1.85. The topological polar surface area (TPSA) is 112 Å². The lowest BCUT2D eigenvalue weighted by Gasteiger charge is -2.31. The highest BCUT2D eigenvalue weighted by atomic mass is 16.3. The van der Waals surface area contributed by atoms with E-state index in [0.29, 0.717) is 54.9 Å². The number of aliphatic hydroxyl groups excluding tert-OH is 1. The van der Waals surface area contributed by atoms with E-state index < -0.39 is 17.4 Å². The molecule has 0 saturated heterocycles. The highest BCUT2D eigenvalue weighted by Gasteiger charge is 2.53. The zero-order valence-corrected chi connectivity index (χ0v) is 23.4. The Hall–Kier alpha value is -4.60. The van der Waals surface area contributed by atoms with Crippen molar-refractivity contribution >= 4 is 34.6 Å². The Labute approximate surface area is 244 Å². The van der Waals surface area contributed by atoms with Crippen molar-refractivity contribution in [3.8, 4) is 0 Å². The summed E-state index contributed by atoms with van der Waals surface area (Å²) in [5.74, 6) is -1.03. The summed E-state index contributed by atoms with van der Waals surface area (Å²) in [5.41, 5.74) is 3.12. The number of para-hydroxylation sites is 2. The van der Waals surface area contributed by atoms with E-state index in [0.717, 1.165) is 16.9 Å². The summed E-state index contributed by atoms with van der Waals surface area (Å²) in [6.07, 6.45) is 7.73. The van der Waals surface area contributed by atoms with Gasteiger partial charge in [0.05, 0.1) is 17.1 Å². The summed E-state index contributed by atoms with van der Waals surface area (Å²) < 4.78 is 1.71. The van der Waals surface area contributed by atoms with Gasteiger partial charge in [-0.25, -0.2) is 0 Å². The van der Waals surface area contributed by atoms with Crippen LogP contribution in [0.25, 0.3) is 0 Å². The Kier molecular flexibility index (Phi) is 7.45. The SMILES string of the molecule is C[C@@H](/C=C/CCn1cc(CCO)nn1)[C@]1(O)C(=O)N(c2ccccc2)c2ccc(N3C(=O)CCc4ccccc43)cc21. The Balaban J connectivity index is 1.35. The molecule has 4 aromatic rings. The number of carbonyl (C=O) groups excluding carboxylic acids is 2. The molecule has 0 fully saturated rings. The van der Waals surface area contributed by atoms with Crippen molar-refractivity contribution in [2.24, 2.45) is 5.92 Å². The van der Waals surface area contributed by atoms with Gasteiger partial charge in [-0.15, -0.1) is 5.10 Å². The van der Waals surface area contributed by atoms with Crippen LogP contribution in [0.1, 0.15) is 36.6 Å². The molecule has 3 aromatic carbocycles. The summed E-state index contributed by atoms with van der Waals surface area (Å²) in [7, 11) is 0. The molecule has 2 aliphatic heterocycles. The first-order chi connectivity index (χ1) is 20.4. The van der Waals surface area contributed by atoms with Crippen LogP contribution in [0.5, 0.6) is 0 Å². The fourth-order valence-electron chi connectivity index (χ4n) is 5.87. The molecule has 2 atom stereocenters. The van der Waals surface area contributed by atoms with Crippen molar-refractivity contribution in [2.75, 3.05) is 16.4 Å². The number of aliphatic hydroxyl groups is 2. The number of allylic oxidation sites excluding steroid dienone is 1. The molecule has 6 rings (SSSR count). The molecular formula is C33H33N5O4. The van der Waals surface area contributed by atoms with Gasteiger partial charge in [-0.2, -0.15) is 0 Å². The van der Waals surface area contributed by atoms with Crippen molar-refractivity contribution in [3.63, 3.8) is 0 Å². The van der Waals surface area contributed by atoms with Gasteiger partial charge in [0.2, 0.25) is 5.91 Å². The number of fused-ring (bicyclic) bond motifs is 2. The first-order valence-corrected chi connectivity index (χ1v) is 14.3. The molecule has 2 N–H and O–H groups in total. The molecule has 0 unspecified atom stereocenters. The van der Waals surface area contributed by atoms with Gasteiger partial charge in [0.1, 0.15) is 0 Å². The molecule has 9 heteroatoms. The van der Waals surface area contributed by atoms with Crippen molar-refractivity contribution < 1.29 is 19.8 Å². The van der Waals surface area contributed by atoms with Gasteiger partial charge in [-0.3, -0.25) is 24.1 Å². The Morgan fingerprint density at radius 2 is 1.74 bits per heavy atom. The number of aryl methyl sites for hydroxylation is 2. The molecule has 42 heavy (non-hydrogen) atoms. The maximum atomic E-state index is 14.1. The van der Waals surface area contributed by atoms with E-state index in [1.807, 2.05) is 85.8 Å². The molecule has 0 spiro atoms. The number of hydrogen-bond donors (Lipinski definition) is 2. The van der Waals surface area contributed by atoms with Crippen LogP contribution in [0, 0.1) is 5.92 Å². The van der Waals surface area contributed by atoms with Crippen molar-refractivity contribution in [3.05, 3.63) is 108 Å². The minimum absolute atomic E-state index is 0.0182. The number of amides is 2. The fourth-order valence-corrected chi connectivity index (χ4v) is 5.87. The van der Waals surface area contributed by atoms with Gasteiger partial charge in [0, 0.05) is 55.0 Å². The van der Waals surface area contributed by atoms with E-state index in [-0.39, 0.29) is 12.5 Å².